The van der Waals surface area contributed by atoms with Gasteiger partial charge in [-0.15, -0.1) is 11.3 Å². The zero-order valence-electron chi connectivity index (χ0n) is 16.8. The first-order valence-corrected chi connectivity index (χ1v) is 10.0. The molecule has 0 atom stereocenters. The average Bonchev–Trinajstić information content (AvgIpc) is 3.13. The summed E-state index contributed by atoms with van der Waals surface area (Å²) in [5.41, 5.74) is 8.51. The minimum atomic E-state index is 0.0894. The fourth-order valence-electron chi connectivity index (χ4n) is 2.64. The molecule has 0 saturated carbocycles. The van der Waals surface area contributed by atoms with Crippen LogP contribution < -0.4 is 14.9 Å². The zero-order valence-corrected chi connectivity index (χ0v) is 17.6. The van der Waals surface area contributed by atoms with Gasteiger partial charge in [-0.05, 0) is 68.7 Å². The van der Waals surface area contributed by atoms with Crippen molar-refractivity contribution in [1.29, 1.82) is 0 Å². The van der Waals surface area contributed by atoms with E-state index >= 15 is 0 Å². The molecule has 0 bridgehead atoms. The molecule has 0 spiro atoms. The maximum atomic E-state index is 5.73. The molecule has 3 rings (SSSR count). The number of benzene rings is 2. The van der Waals surface area contributed by atoms with Gasteiger partial charge in [0.15, 0.2) is 11.5 Å². The standard InChI is InChI=1S/C22H25N3O2S/c1-14(2)27-20-9-7-17(11-21(20)26-5)12-23-25-22-24-19(13-28-22)18-8-6-15(3)16(4)10-18/h6-14H,1-5H3,(H,24,25)/b23-12-. The third-order valence-electron chi connectivity index (χ3n) is 4.23. The Morgan fingerprint density at radius 2 is 1.89 bits per heavy atom. The highest BCUT2D eigenvalue weighted by atomic mass is 32.1. The molecule has 0 aliphatic heterocycles. The predicted octanol–water partition coefficient (Wildman–Crippen LogP) is 5.67. The van der Waals surface area contributed by atoms with Crippen molar-refractivity contribution in [3.05, 3.63) is 58.5 Å². The summed E-state index contributed by atoms with van der Waals surface area (Å²) in [6.45, 7) is 8.19. The number of aryl methyl sites for hydroxylation is 2. The highest BCUT2D eigenvalue weighted by molar-refractivity contribution is 7.14. The second-order valence-electron chi connectivity index (χ2n) is 6.78. The van der Waals surface area contributed by atoms with E-state index in [1.54, 1.807) is 13.3 Å². The molecule has 2 aromatic carbocycles. The van der Waals surface area contributed by atoms with E-state index in [-0.39, 0.29) is 6.10 Å². The molecule has 1 heterocycles. The van der Waals surface area contributed by atoms with Gasteiger partial charge < -0.3 is 9.47 Å². The Labute approximate surface area is 170 Å². The van der Waals surface area contributed by atoms with Crippen LogP contribution in [-0.2, 0) is 0 Å². The van der Waals surface area contributed by atoms with E-state index in [0.717, 1.165) is 27.7 Å². The van der Waals surface area contributed by atoms with Gasteiger partial charge >= 0.3 is 0 Å². The molecule has 0 aliphatic carbocycles. The summed E-state index contributed by atoms with van der Waals surface area (Å²) in [6, 6.07) is 12.1. The molecule has 3 aromatic rings. The van der Waals surface area contributed by atoms with Crippen molar-refractivity contribution in [2.75, 3.05) is 12.5 Å². The lowest BCUT2D eigenvalue weighted by atomic mass is 10.1. The number of rotatable bonds is 7. The van der Waals surface area contributed by atoms with Crippen LogP contribution in [0.3, 0.4) is 0 Å². The van der Waals surface area contributed by atoms with E-state index in [2.05, 4.69) is 47.6 Å². The Kier molecular flexibility index (Phi) is 6.31. The fraction of sp³-hybridized carbons (Fsp3) is 0.273. The monoisotopic (exact) mass is 395 g/mol. The van der Waals surface area contributed by atoms with E-state index in [1.165, 1.54) is 22.5 Å². The number of thiazole rings is 1. The molecule has 28 heavy (non-hydrogen) atoms. The SMILES string of the molecule is COc1cc(/C=N\Nc2nc(-c3ccc(C)c(C)c3)cs2)ccc1OC(C)C. The first-order valence-electron chi connectivity index (χ1n) is 9.13. The summed E-state index contributed by atoms with van der Waals surface area (Å²) >= 11 is 1.53. The lowest BCUT2D eigenvalue weighted by Crippen LogP contribution is -2.06. The summed E-state index contributed by atoms with van der Waals surface area (Å²) in [4.78, 5) is 4.61. The summed E-state index contributed by atoms with van der Waals surface area (Å²) in [6.07, 6.45) is 1.82. The number of anilines is 1. The van der Waals surface area contributed by atoms with E-state index in [4.69, 9.17) is 9.47 Å². The number of aromatic nitrogens is 1. The van der Waals surface area contributed by atoms with Crippen molar-refractivity contribution < 1.29 is 9.47 Å². The normalized spacial score (nSPS) is 11.2. The highest BCUT2D eigenvalue weighted by Crippen LogP contribution is 2.29. The Morgan fingerprint density at radius 3 is 2.61 bits per heavy atom. The minimum absolute atomic E-state index is 0.0894. The summed E-state index contributed by atoms with van der Waals surface area (Å²) in [5, 5.41) is 7.07. The van der Waals surface area contributed by atoms with Crippen molar-refractivity contribution in [3.63, 3.8) is 0 Å². The van der Waals surface area contributed by atoms with Crippen molar-refractivity contribution in [1.82, 2.24) is 4.98 Å². The maximum absolute atomic E-state index is 5.73. The quantitative estimate of drug-likeness (QED) is 0.414. The second kappa shape index (κ2) is 8.89. The molecule has 0 fully saturated rings. The molecular weight excluding hydrogens is 370 g/mol. The van der Waals surface area contributed by atoms with Gasteiger partial charge in [0.05, 0.1) is 25.1 Å². The van der Waals surface area contributed by atoms with Crippen LogP contribution in [0.1, 0.15) is 30.5 Å². The van der Waals surface area contributed by atoms with E-state index in [9.17, 15) is 0 Å². The molecule has 6 heteroatoms. The van der Waals surface area contributed by atoms with Crippen LogP contribution in [0.2, 0.25) is 0 Å². The molecule has 0 radical (unpaired) electrons. The van der Waals surface area contributed by atoms with Crippen LogP contribution in [0.4, 0.5) is 5.13 Å². The van der Waals surface area contributed by atoms with Gasteiger partial charge in [0.25, 0.3) is 0 Å². The lowest BCUT2D eigenvalue weighted by molar-refractivity contribution is 0.230. The molecule has 5 nitrogen and oxygen atoms in total. The highest BCUT2D eigenvalue weighted by Gasteiger charge is 2.07. The Balaban J connectivity index is 1.68. The molecule has 0 unspecified atom stereocenters. The topological polar surface area (TPSA) is 55.7 Å². The number of hydrogen-bond donors (Lipinski definition) is 1. The third-order valence-corrected chi connectivity index (χ3v) is 4.98. The lowest BCUT2D eigenvalue weighted by Gasteiger charge is -2.13. The van der Waals surface area contributed by atoms with Gasteiger partial charge in [-0.3, -0.25) is 5.43 Å². The van der Waals surface area contributed by atoms with Crippen molar-refractivity contribution in [3.8, 4) is 22.8 Å². The largest absolute Gasteiger partial charge is 0.493 e. The number of hydrogen-bond acceptors (Lipinski definition) is 6. The molecule has 1 N–H and O–H groups in total. The Morgan fingerprint density at radius 1 is 1.07 bits per heavy atom. The molecule has 0 amide bonds. The van der Waals surface area contributed by atoms with Crippen molar-refractivity contribution in [2.45, 2.75) is 33.8 Å². The zero-order chi connectivity index (χ0) is 20.1. The van der Waals surface area contributed by atoms with Crippen LogP contribution in [0.15, 0.2) is 46.9 Å². The summed E-state index contributed by atoms with van der Waals surface area (Å²) in [7, 11) is 1.63. The molecular formula is C22H25N3O2S. The molecule has 0 aliphatic rings. The number of hydrazone groups is 1. The van der Waals surface area contributed by atoms with Crippen LogP contribution in [-0.4, -0.2) is 24.4 Å². The maximum Gasteiger partial charge on any atom is 0.203 e. The van der Waals surface area contributed by atoms with E-state index in [1.807, 2.05) is 37.4 Å². The predicted molar refractivity (Wildman–Crippen MR) is 117 cm³/mol. The van der Waals surface area contributed by atoms with E-state index in [0.29, 0.717) is 5.75 Å². The second-order valence-corrected chi connectivity index (χ2v) is 7.64. The molecule has 1 aromatic heterocycles. The Hall–Kier alpha value is -2.86. The Bertz CT molecular complexity index is 980. The van der Waals surface area contributed by atoms with Gasteiger partial charge in [-0.25, -0.2) is 4.98 Å². The van der Waals surface area contributed by atoms with Crippen LogP contribution in [0, 0.1) is 13.8 Å². The van der Waals surface area contributed by atoms with Crippen molar-refractivity contribution >= 4 is 22.7 Å². The van der Waals surface area contributed by atoms with Gasteiger partial charge in [0, 0.05) is 10.9 Å². The minimum Gasteiger partial charge on any atom is -0.493 e. The van der Waals surface area contributed by atoms with Gasteiger partial charge in [0.2, 0.25) is 5.13 Å². The first kappa shape index (κ1) is 19.9. The average molecular weight is 396 g/mol. The van der Waals surface area contributed by atoms with Crippen molar-refractivity contribution in [2.24, 2.45) is 5.10 Å². The number of nitrogens with one attached hydrogen (secondary N) is 1. The van der Waals surface area contributed by atoms with Gasteiger partial charge in [-0.2, -0.15) is 5.10 Å². The van der Waals surface area contributed by atoms with Crippen LogP contribution >= 0.6 is 11.3 Å². The van der Waals surface area contributed by atoms with Gasteiger partial charge in [0.1, 0.15) is 0 Å². The summed E-state index contributed by atoms with van der Waals surface area (Å²) in [5.74, 6) is 1.41. The number of methoxy groups -OCH3 is 1. The number of ether oxygens (including phenoxy) is 2. The van der Waals surface area contributed by atoms with Crippen LogP contribution in [0.5, 0.6) is 11.5 Å². The fourth-order valence-corrected chi connectivity index (χ4v) is 3.30. The molecule has 146 valence electrons. The smallest absolute Gasteiger partial charge is 0.203 e. The number of nitrogens with zero attached hydrogens (tertiary/aromatic N) is 2. The third kappa shape index (κ3) is 4.89. The van der Waals surface area contributed by atoms with Crippen LogP contribution in [0.25, 0.3) is 11.3 Å². The summed E-state index contributed by atoms with van der Waals surface area (Å²) < 4.78 is 11.1. The van der Waals surface area contributed by atoms with Gasteiger partial charge in [-0.1, -0.05) is 12.1 Å². The molecule has 0 saturated heterocycles. The van der Waals surface area contributed by atoms with E-state index < -0.39 is 0 Å². The first-order chi connectivity index (χ1) is 13.5.